The van der Waals surface area contributed by atoms with Gasteiger partial charge in [0.05, 0.1) is 12.2 Å². The zero-order chi connectivity index (χ0) is 18.2. The van der Waals surface area contributed by atoms with Gasteiger partial charge in [0.2, 0.25) is 5.82 Å². The highest BCUT2D eigenvalue weighted by molar-refractivity contribution is 5.89. The van der Waals surface area contributed by atoms with E-state index in [-0.39, 0.29) is 12.5 Å². The van der Waals surface area contributed by atoms with Crippen molar-refractivity contribution >= 4 is 5.97 Å². The molecule has 0 unspecified atom stereocenters. The lowest BCUT2D eigenvalue weighted by molar-refractivity contribution is 0.0429. The topological polar surface area (TPSA) is 83.7 Å². The molecule has 0 saturated heterocycles. The summed E-state index contributed by atoms with van der Waals surface area (Å²) in [4.78, 5) is 16.4. The molecule has 0 fully saturated rings. The van der Waals surface area contributed by atoms with E-state index in [0.29, 0.717) is 30.4 Å². The molecule has 134 valence electrons. The molecule has 0 N–H and O–H groups in total. The molecule has 3 rings (SSSR count). The molecule has 1 heterocycles. The normalized spacial score (nSPS) is 10.5. The average Bonchev–Trinajstić information content (AvgIpc) is 3.16. The van der Waals surface area contributed by atoms with Gasteiger partial charge in [-0.1, -0.05) is 41.6 Å². The number of rotatable bonds is 8. The summed E-state index contributed by atoms with van der Waals surface area (Å²) in [6.07, 6.45) is 0. The van der Waals surface area contributed by atoms with Gasteiger partial charge in [-0.25, -0.2) is 4.79 Å². The lowest BCUT2D eigenvalue weighted by atomic mass is 10.2. The van der Waals surface area contributed by atoms with Crippen LogP contribution in [0.4, 0.5) is 0 Å². The van der Waals surface area contributed by atoms with Crippen LogP contribution in [-0.4, -0.2) is 36.4 Å². The fourth-order valence-electron chi connectivity index (χ4n) is 2.18. The molecule has 0 spiro atoms. The van der Waals surface area contributed by atoms with Gasteiger partial charge in [0.15, 0.2) is 6.61 Å². The minimum atomic E-state index is -0.498. The zero-order valence-electron chi connectivity index (χ0n) is 14.3. The zero-order valence-corrected chi connectivity index (χ0v) is 14.3. The van der Waals surface area contributed by atoms with Crippen molar-refractivity contribution in [2.75, 3.05) is 20.3 Å². The minimum absolute atomic E-state index is 0.104. The second-order valence-electron chi connectivity index (χ2n) is 5.32. The summed E-state index contributed by atoms with van der Waals surface area (Å²) in [5.74, 6) is 0.747. The maximum atomic E-state index is 12.2. The summed E-state index contributed by atoms with van der Waals surface area (Å²) >= 11 is 0. The van der Waals surface area contributed by atoms with E-state index in [0.717, 1.165) is 5.56 Å². The molecule has 0 amide bonds. The third kappa shape index (κ3) is 4.67. The monoisotopic (exact) mass is 354 g/mol. The molecular weight excluding hydrogens is 336 g/mol. The van der Waals surface area contributed by atoms with E-state index in [9.17, 15) is 4.79 Å². The van der Waals surface area contributed by atoms with Crippen LogP contribution in [0.1, 0.15) is 16.2 Å². The summed E-state index contributed by atoms with van der Waals surface area (Å²) < 4.78 is 20.7. The maximum absolute atomic E-state index is 12.2. The Morgan fingerprint density at radius 1 is 1.08 bits per heavy atom. The van der Waals surface area contributed by atoms with E-state index in [2.05, 4.69) is 10.1 Å². The number of hydrogen-bond donors (Lipinski definition) is 0. The maximum Gasteiger partial charge on any atom is 0.338 e. The van der Waals surface area contributed by atoms with Crippen LogP contribution >= 0.6 is 0 Å². The van der Waals surface area contributed by atoms with Gasteiger partial charge in [-0.3, -0.25) is 0 Å². The summed E-state index contributed by atoms with van der Waals surface area (Å²) in [6.45, 7) is 0.766. The number of carbonyl (C=O) groups excluding carboxylic acids is 1. The van der Waals surface area contributed by atoms with Crippen molar-refractivity contribution in [3.63, 3.8) is 0 Å². The number of methoxy groups -OCH3 is 1. The molecule has 26 heavy (non-hydrogen) atoms. The fourth-order valence-corrected chi connectivity index (χ4v) is 2.18. The first-order valence-electron chi connectivity index (χ1n) is 8.03. The standard InChI is InChI=1S/C19H18N2O5/c1-23-10-11-24-16-9-5-8-15(12-16)19(22)25-13-17-20-18(21-26-17)14-6-3-2-4-7-14/h2-9,12H,10-11,13H2,1H3. The van der Waals surface area contributed by atoms with Crippen LogP contribution in [0.5, 0.6) is 5.75 Å². The number of esters is 1. The largest absolute Gasteiger partial charge is 0.491 e. The molecule has 0 bridgehead atoms. The third-order valence-electron chi connectivity index (χ3n) is 3.45. The predicted octanol–water partition coefficient (Wildman–Crippen LogP) is 3.12. The Balaban J connectivity index is 1.57. The van der Waals surface area contributed by atoms with Gasteiger partial charge in [-0.15, -0.1) is 0 Å². The molecule has 7 nitrogen and oxygen atoms in total. The van der Waals surface area contributed by atoms with E-state index < -0.39 is 5.97 Å². The second-order valence-corrected chi connectivity index (χ2v) is 5.32. The molecular formula is C19H18N2O5. The Kier molecular flexibility index (Phi) is 5.95. The van der Waals surface area contributed by atoms with Crippen LogP contribution in [0, 0.1) is 0 Å². The van der Waals surface area contributed by atoms with Crippen LogP contribution in [0.2, 0.25) is 0 Å². The van der Waals surface area contributed by atoms with Crippen molar-refractivity contribution in [1.82, 2.24) is 10.1 Å². The molecule has 0 saturated carbocycles. The molecule has 1 aromatic heterocycles. The molecule has 2 aromatic carbocycles. The minimum Gasteiger partial charge on any atom is -0.491 e. The smallest absolute Gasteiger partial charge is 0.338 e. The highest BCUT2D eigenvalue weighted by Crippen LogP contribution is 2.17. The molecule has 0 aliphatic carbocycles. The van der Waals surface area contributed by atoms with E-state index in [1.165, 1.54) is 0 Å². The quantitative estimate of drug-likeness (QED) is 0.454. The van der Waals surface area contributed by atoms with E-state index >= 15 is 0 Å². The van der Waals surface area contributed by atoms with Crippen LogP contribution in [0.15, 0.2) is 59.1 Å². The number of carbonyl (C=O) groups is 1. The molecule has 0 aliphatic heterocycles. The van der Waals surface area contributed by atoms with Gasteiger partial charge in [-0.05, 0) is 18.2 Å². The summed E-state index contributed by atoms with van der Waals surface area (Å²) in [6, 6.07) is 16.1. The fraction of sp³-hybridized carbons (Fsp3) is 0.211. The highest BCUT2D eigenvalue weighted by atomic mass is 16.6. The molecule has 0 atom stereocenters. The Hall–Kier alpha value is -3.19. The number of aromatic nitrogens is 2. The van der Waals surface area contributed by atoms with Gasteiger partial charge < -0.3 is 18.7 Å². The van der Waals surface area contributed by atoms with Crippen LogP contribution in [0.25, 0.3) is 11.4 Å². The molecule has 0 aliphatic rings. The predicted molar refractivity (Wildman–Crippen MR) is 92.7 cm³/mol. The summed E-state index contributed by atoms with van der Waals surface area (Å²) in [5, 5.41) is 3.88. The van der Waals surface area contributed by atoms with Crippen LogP contribution in [0.3, 0.4) is 0 Å². The summed E-state index contributed by atoms with van der Waals surface area (Å²) in [5.41, 5.74) is 1.21. The second kappa shape index (κ2) is 8.77. The highest BCUT2D eigenvalue weighted by Gasteiger charge is 2.13. The van der Waals surface area contributed by atoms with E-state index in [4.69, 9.17) is 18.7 Å². The van der Waals surface area contributed by atoms with Gasteiger partial charge in [0.25, 0.3) is 5.89 Å². The number of nitrogens with zero attached hydrogens (tertiary/aromatic N) is 2. The van der Waals surface area contributed by atoms with Crippen molar-refractivity contribution < 1.29 is 23.5 Å². The molecule has 3 aromatic rings. The Morgan fingerprint density at radius 2 is 1.92 bits per heavy atom. The van der Waals surface area contributed by atoms with Crippen molar-refractivity contribution in [3.8, 4) is 17.1 Å². The first-order valence-corrected chi connectivity index (χ1v) is 8.03. The van der Waals surface area contributed by atoms with Gasteiger partial charge in [0.1, 0.15) is 12.4 Å². The Labute approximate surface area is 150 Å². The number of hydrogen-bond acceptors (Lipinski definition) is 7. The van der Waals surface area contributed by atoms with Crippen molar-refractivity contribution in [3.05, 3.63) is 66.1 Å². The summed E-state index contributed by atoms with van der Waals surface area (Å²) in [7, 11) is 1.60. The Morgan fingerprint density at radius 3 is 2.73 bits per heavy atom. The lowest BCUT2D eigenvalue weighted by Gasteiger charge is -2.07. The van der Waals surface area contributed by atoms with Crippen molar-refractivity contribution in [2.45, 2.75) is 6.61 Å². The molecule has 7 heteroatoms. The SMILES string of the molecule is COCCOc1cccc(C(=O)OCc2nc(-c3ccccc3)no2)c1. The van der Waals surface area contributed by atoms with Crippen LogP contribution < -0.4 is 4.74 Å². The van der Waals surface area contributed by atoms with Crippen LogP contribution in [-0.2, 0) is 16.1 Å². The first kappa shape index (κ1) is 17.6. The lowest BCUT2D eigenvalue weighted by Crippen LogP contribution is -2.07. The van der Waals surface area contributed by atoms with Gasteiger partial charge in [0, 0.05) is 12.7 Å². The average molecular weight is 354 g/mol. The third-order valence-corrected chi connectivity index (χ3v) is 3.45. The van der Waals surface area contributed by atoms with Crippen molar-refractivity contribution in [2.24, 2.45) is 0 Å². The van der Waals surface area contributed by atoms with Gasteiger partial charge >= 0.3 is 5.97 Å². The van der Waals surface area contributed by atoms with E-state index in [1.54, 1.807) is 31.4 Å². The molecule has 0 radical (unpaired) electrons. The number of ether oxygens (including phenoxy) is 3. The Bertz CT molecular complexity index is 848. The van der Waals surface area contributed by atoms with Crippen molar-refractivity contribution in [1.29, 1.82) is 0 Å². The van der Waals surface area contributed by atoms with E-state index in [1.807, 2.05) is 30.3 Å². The first-order chi connectivity index (χ1) is 12.8. The number of benzene rings is 2. The van der Waals surface area contributed by atoms with Gasteiger partial charge in [-0.2, -0.15) is 4.98 Å².